The second-order valence-corrected chi connectivity index (χ2v) is 11.8. The molecule has 0 heterocycles. The minimum absolute atomic E-state index is 0.00307. The first-order valence-corrected chi connectivity index (χ1v) is 12.5. The molecule has 0 saturated carbocycles. The van der Waals surface area contributed by atoms with Gasteiger partial charge in [0, 0.05) is 11.5 Å². The quantitative estimate of drug-likeness (QED) is 0.390. The van der Waals surface area contributed by atoms with Crippen LogP contribution >= 0.6 is 0 Å². The molecule has 2 heteroatoms. The first kappa shape index (κ1) is 21.0. The van der Waals surface area contributed by atoms with E-state index in [4.69, 9.17) is 0 Å². The van der Waals surface area contributed by atoms with E-state index in [2.05, 4.69) is 80.7 Å². The molecule has 3 aromatic carbocycles. The number of rotatable bonds is 9. The number of aliphatic hydroxyl groups is 1. The van der Waals surface area contributed by atoms with E-state index in [1.165, 1.54) is 10.4 Å². The molecular formula is C27H30OSi. The summed E-state index contributed by atoms with van der Waals surface area (Å²) in [7, 11) is -2.42. The monoisotopic (exact) mass is 398 g/mol. The third kappa shape index (κ3) is 4.19. The average molecular weight is 399 g/mol. The Labute approximate surface area is 176 Å². The van der Waals surface area contributed by atoms with Gasteiger partial charge in [0.25, 0.3) is 0 Å². The fourth-order valence-electron chi connectivity index (χ4n) is 4.52. The standard InChI is InChI=1S/C27H30OSi/c1-4-21-29(24-17-11-7-12-18-24,25-19-13-8-14-20-25)26(5-2)27(28)22(3)23-15-9-6-10-16-23/h4-20,22,26-28H,1-2,21H2,3H3/t22-,26+,27-/m1/s1. The van der Waals surface area contributed by atoms with Crippen molar-refractivity contribution in [1.29, 1.82) is 0 Å². The highest BCUT2D eigenvalue weighted by Gasteiger charge is 2.46. The van der Waals surface area contributed by atoms with Crippen molar-refractivity contribution in [3.63, 3.8) is 0 Å². The molecule has 0 radical (unpaired) electrons. The van der Waals surface area contributed by atoms with Gasteiger partial charge in [-0.15, -0.1) is 13.2 Å². The second-order valence-electron chi connectivity index (χ2n) is 7.65. The minimum atomic E-state index is -2.42. The Morgan fingerprint density at radius 1 is 0.793 bits per heavy atom. The Morgan fingerprint density at radius 3 is 1.66 bits per heavy atom. The molecular weight excluding hydrogens is 368 g/mol. The Bertz CT molecular complexity index is 866. The molecule has 0 bridgehead atoms. The molecule has 1 nitrogen and oxygen atoms in total. The van der Waals surface area contributed by atoms with Gasteiger partial charge in [0.1, 0.15) is 8.07 Å². The summed E-state index contributed by atoms with van der Waals surface area (Å²) in [6, 6.07) is 32.4. The van der Waals surface area contributed by atoms with Gasteiger partial charge < -0.3 is 5.11 Å². The molecule has 3 aromatic rings. The van der Waals surface area contributed by atoms with E-state index < -0.39 is 14.2 Å². The molecule has 0 amide bonds. The first-order chi connectivity index (χ1) is 14.1. The summed E-state index contributed by atoms with van der Waals surface area (Å²) in [5, 5.41) is 14.2. The maximum absolute atomic E-state index is 11.6. The van der Waals surface area contributed by atoms with E-state index in [1.54, 1.807) is 0 Å². The molecule has 0 aliphatic heterocycles. The number of aliphatic hydroxyl groups excluding tert-OH is 1. The summed E-state index contributed by atoms with van der Waals surface area (Å²) in [5.74, 6) is 0.00307. The van der Waals surface area contributed by atoms with Crippen molar-refractivity contribution in [1.82, 2.24) is 0 Å². The zero-order chi connectivity index (χ0) is 20.7. The Morgan fingerprint density at radius 2 is 1.24 bits per heavy atom. The van der Waals surface area contributed by atoms with Crippen LogP contribution in [0, 0.1) is 0 Å². The minimum Gasteiger partial charge on any atom is -0.392 e. The second kappa shape index (κ2) is 9.68. The van der Waals surface area contributed by atoms with Crippen molar-refractivity contribution in [3.05, 3.63) is 122 Å². The summed E-state index contributed by atoms with van der Waals surface area (Å²) in [4.78, 5) is 0. The predicted molar refractivity (Wildman–Crippen MR) is 128 cm³/mol. The highest BCUT2D eigenvalue weighted by Crippen LogP contribution is 2.37. The fourth-order valence-corrected chi connectivity index (χ4v) is 9.67. The molecule has 0 fully saturated rings. The number of benzene rings is 3. The molecule has 3 atom stereocenters. The van der Waals surface area contributed by atoms with Gasteiger partial charge in [0.05, 0.1) is 6.10 Å². The van der Waals surface area contributed by atoms with Gasteiger partial charge >= 0.3 is 0 Å². The van der Waals surface area contributed by atoms with Gasteiger partial charge in [0.2, 0.25) is 0 Å². The van der Waals surface area contributed by atoms with Crippen LogP contribution in [0.3, 0.4) is 0 Å². The third-order valence-corrected chi connectivity index (χ3v) is 11.4. The zero-order valence-electron chi connectivity index (χ0n) is 17.1. The lowest BCUT2D eigenvalue weighted by Gasteiger charge is -2.42. The van der Waals surface area contributed by atoms with Crippen molar-refractivity contribution in [2.75, 3.05) is 0 Å². The summed E-state index contributed by atoms with van der Waals surface area (Å²) in [6.45, 7) is 10.4. The summed E-state index contributed by atoms with van der Waals surface area (Å²) < 4.78 is 0. The lowest BCUT2D eigenvalue weighted by Crippen LogP contribution is -2.63. The van der Waals surface area contributed by atoms with Crippen LogP contribution in [0.1, 0.15) is 18.4 Å². The molecule has 29 heavy (non-hydrogen) atoms. The van der Waals surface area contributed by atoms with Crippen LogP contribution < -0.4 is 10.4 Å². The van der Waals surface area contributed by atoms with Gasteiger partial charge in [-0.1, -0.05) is 120 Å². The average Bonchev–Trinajstić information content (AvgIpc) is 2.80. The molecule has 3 rings (SSSR count). The highest BCUT2D eigenvalue weighted by atomic mass is 28.3. The third-order valence-electron chi connectivity index (χ3n) is 6.07. The fraction of sp³-hybridized carbons (Fsp3) is 0.185. The topological polar surface area (TPSA) is 20.2 Å². The van der Waals surface area contributed by atoms with Gasteiger partial charge in [-0.2, -0.15) is 0 Å². The summed E-state index contributed by atoms with van der Waals surface area (Å²) in [5.41, 5.74) is 1.09. The van der Waals surface area contributed by atoms with Gasteiger partial charge in [-0.3, -0.25) is 0 Å². The number of allylic oxidation sites excluding steroid dienone is 1. The maximum atomic E-state index is 11.6. The molecule has 0 saturated heterocycles. The van der Waals surface area contributed by atoms with Gasteiger partial charge in [-0.05, 0) is 11.6 Å². The normalized spacial score (nSPS) is 14.6. The number of hydrogen-bond acceptors (Lipinski definition) is 1. The molecule has 0 aromatic heterocycles. The number of hydrogen-bond donors (Lipinski definition) is 1. The van der Waals surface area contributed by atoms with Crippen molar-refractivity contribution in [3.8, 4) is 0 Å². The van der Waals surface area contributed by atoms with E-state index in [0.717, 1.165) is 11.6 Å². The van der Waals surface area contributed by atoms with Crippen LogP contribution in [0.4, 0.5) is 0 Å². The van der Waals surface area contributed by atoms with E-state index >= 15 is 0 Å². The molecule has 0 spiro atoms. The lowest BCUT2D eigenvalue weighted by atomic mass is 9.93. The van der Waals surface area contributed by atoms with Crippen LogP contribution in [0.5, 0.6) is 0 Å². The smallest absolute Gasteiger partial charge is 0.130 e. The van der Waals surface area contributed by atoms with Crippen LogP contribution in [0.15, 0.2) is 116 Å². The zero-order valence-corrected chi connectivity index (χ0v) is 18.1. The van der Waals surface area contributed by atoms with Crippen LogP contribution in [-0.2, 0) is 0 Å². The largest absolute Gasteiger partial charge is 0.392 e. The van der Waals surface area contributed by atoms with E-state index in [9.17, 15) is 5.11 Å². The van der Waals surface area contributed by atoms with Crippen molar-refractivity contribution >= 4 is 18.4 Å². The van der Waals surface area contributed by atoms with E-state index in [1.807, 2.05) is 42.5 Å². The summed E-state index contributed by atoms with van der Waals surface area (Å²) >= 11 is 0. The summed E-state index contributed by atoms with van der Waals surface area (Å²) in [6.07, 6.45) is 3.46. The predicted octanol–water partition coefficient (Wildman–Crippen LogP) is 5.16. The van der Waals surface area contributed by atoms with Crippen LogP contribution in [-0.4, -0.2) is 19.3 Å². The molecule has 0 aliphatic carbocycles. The SMILES string of the molecule is C=CC[Si](c1ccccc1)(c1ccccc1)[C@@H](C=C)[C@H](O)[C@H](C)c1ccccc1. The van der Waals surface area contributed by atoms with Crippen molar-refractivity contribution in [2.45, 2.75) is 30.5 Å². The first-order valence-electron chi connectivity index (χ1n) is 10.2. The highest BCUT2D eigenvalue weighted by molar-refractivity contribution is 7.04. The lowest BCUT2D eigenvalue weighted by molar-refractivity contribution is 0.151. The Hall–Kier alpha value is -2.68. The van der Waals surface area contributed by atoms with Gasteiger partial charge in [-0.25, -0.2) is 0 Å². The van der Waals surface area contributed by atoms with Crippen LogP contribution in [0.2, 0.25) is 11.6 Å². The van der Waals surface area contributed by atoms with E-state index in [0.29, 0.717) is 0 Å². The van der Waals surface area contributed by atoms with Crippen molar-refractivity contribution < 1.29 is 5.11 Å². The molecule has 0 unspecified atom stereocenters. The molecule has 0 aliphatic rings. The Balaban J connectivity index is 2.18. The molecule has 1 N–H and O–H groups in total. The Kier molecular flexibility index (Phi) is 7.02. The molecule has 148 valence electrons. The van der Waals surface area contributed by atoms with Gasteiger partial charge in [0.15, 0.2) is 0 Å². The van der Waals surface area contributed by atoms with Crippen molar-refractivity contribution in [2.24, 2.45) is 0 Å². The van der Waals surface area contributed by atoms with Crippen LogP contribution in [0.25, 0.3) is 0 Å². The maximum Gasteiger partial charge on any atom is 0.130 e. The van der Waals surface area contributed by atoms with E-state index in [-0.39, 0.29) is 11.5 Å².